The molecule has 0 N–H and O–H groups in total. The molecule has 6 heteroatoms. The number of ketones is 1. The molecule has 0 saturated carbocycles. The van der Waals surface area contributed by atoms with Crippen LogP contribution in [-0.2, 0) is 0 Å². The summed E-state index contributed by atoms with van der Waals surface area (Å²) in [6.45, 7) is 0. The van der Waals surface area contributed by atoms with Crippen molar-refractivity contribution in [2.45, 2.75) is 0 Å². The van der Waals surface area contributed by atoms with Crippen LogP contribution in [0, 0.1) is 5.82 Å². The Bertz CT molecular complexity index is 849. The normalized spacial score (nSPS) is 10.2. The lowest BCUT2D eigenvalue weighted by Gasteiger charge is -2.06. The third-order valence-electron chi connectivity index (χ3n) is 3.25. The van der Waals surface area contributed by atoms with E-state index in [1.54, 1.807) is 30.3 Å². The fourth-order valence-electron chi connectivity index (χ4n) is 2.04. The smallest absolute Gasteiger partial charge is 0.325 e. The van der Waals surface area contributed by atoms with Gasteiger partial charge >= 0.3 is 6.01 Å². The van der Waals surface area contributed by atoms with Crippen molar-refractivity contribution in [2.75, 3.05) is 7.11 Å². The Morgan fingerprint density at radius 1 is 0.958 bits per heavy atom. The molecule has 120 valence electrons. The molecular weight excluding hydrogens is 311 g/mol. The highest BCUT2D eigenvalue weighted by molar-refractivity contribution is 6.08. The van der Waals surface area contributed by atoms with Gasteiger partial charge in [0.2, 0.25) is 5.88 Å². The summed E-state index contributed by atoms with van der Waals surface area (Å²) in [7, 11) is 1.50. The SMILES string of the molecule is COc1ccnc(Oc2ccc(C(=O)c3ccc(F)cc3)cc2)n1. The molecule has 0 bridgehead atoms. The second-order valence-electron chi connectivity index (χ2n) is 4.84. The molecule has 0 aliphatic heterocycles. The maximum atomic E-state index is 12.9. The van der Waals surface area contributed by atoms with Crippen molar-refractivity contribution in [3.8, 4) is 17.6 Å². The number of carbonyl (C=O) groups excluding carboxylic acids is 1. The van der Waals surface area contributed by atoms with E-state index in [2.05, 4.69) is 9.97 Å². The molecule has 0 radical (unpaired) electrons. The van der Waals surface area contributed by atoms with Crippen molar-refractivity contribution in [1.82, 2.24) is 9.97 Å². The number of benzene rings is 2. The molecule has 2 aromatic carbocycles. The molecule has 24 heavy (non-hydrogen) atoms. The van der Waals surface area contributed by atoms with E-state index >= 15 is 0 Å². The van der Waals surface area contributed by atoms with Crippen LogP contribution in [-0.4, -0.2) is 22.9 Å². The van der Waals surface area contributed by atoms with E-state index < -0.39 is 0 Å². The molecule has 3 rings (SSSR count). The lowest BCUT2D eigenvalue weighted by atomic mass is 10.0. The minimum atomic E-state index is -0.381. The van der Waals surface area contributed by atoms with Crippen molar-refractivity contribution >= 4 is 5.78 Å². The van der Waals surface area contributed by atoms with E-state index in [-0.39, 0.29) is 17.6 Å². The number of carbonyl (C=O) groups is 1. The van der Waals surface area contributed by atoms with Gasteiger partial charge in [0.05, 0.1) is 7.11 Å². The molecule has 1 heterocycles. The third kappa shape index (κ3) is 3.55. The number of hydrogen-bond acceptors (Lipinski definition) is 5. The van der Waals surface area contributed by atoms with Crippen molar-refractivity contribution in [3.05, 3.63) is 77.7 Å². The average molecular weight is 324 g/mol. The quantitative estimate of drug-likeness (QED) is 0.670. The van der Waals surface area contributed by atoms with Crippen LogP contribution in [0.25, 0.3) is 0 Å². The fourth-order valence-corrected chi connectivity index (χ4v) is 2.04. The highest BCUT2D eigenvalue weighted by Crippen LogP contribution is 2.21. The minimum Gasteiger partial charge on any atom is -0.481 e. The summed E-state index contributed by atoms with van der Waals surface area (Å²) in [6, 6.07) is 13.7. The van der Waals surface area contributed by atoms with E-state index in [9.17, 15) is 9.18 Å². The van der Waals surface area contributed by atoms with Crippen LogP contribution in [0.15, 0.2) is 60.8 Å². The molecule has 3 aromatic rings. The van der Waals surface area contributed by atoms with Crippen molar-refractivity contribution < 1.29 is 18.7 Å². The molecule has 0 aliphatic carbocycles. The Morgan fingerprint density at radius 2 is 1.58 bits per heavy atom. The van der Waals surface area contributed by atoms with Crippen LogP contribution in [0.3, 0.4) is 0 Å². The Morgan fingerprint density at radius 3 is 2.21 bits per heavy atom. The molecule has 0 aliphatic rings. The van der Waals surface area contributed by atoms with Gasteiger partial charge in [0, 0.05) is 23.4 Å². The van der Waals surface area contributed by atoms with Gasteiger partial charge in [-0.15, -0.1) is 0 Å². The monoisotopic (exact) mass is 324 g/mol. The zero-order valence-electron chi connectivity index (χ0n) is 12.8. The highest BCUT2D eigenvalue weighted by Gasteiger charge is 2.10. The summed E-state index contributed by atoms with van der Waals surface area (Å²) >= 11 is 0. The number of halogens is 1. The van der Waals surface area contributed by atoms with Gasteiger partial charge in [-0.25, -0.2) is 9.37 Å². The first kappa shape index (κ1) is 15.6. The number of nitrogens with zero attached hydrogens (tertiary/aromatic N) is 2. The van der Waals surface area contributed by atoms with Crippen molar-refractivity contribution in [1.29, 1.82) is 0 Å². The van der Waals surface area contributed by atoms with Gasteiger partial charge in [-0.1, -0.05) is 0 Å². The van der Waals surface area contributed by atoms with Crippen molar-refractivity contribution in [2.24, 2.45) is 0 Å². The first-order chi connectivity index (χ1) is 11.7. The third-order valence-corrected chi connectivity index (χ3v) is 3.25. The van der Waals surface area contributed by atoms with Gasteiger partial charge in [0.1, 0.15) is 11.6 Å². The lowest BCUT2D eigenvalue weighted by molar-refractivity contribution is 0.103. The maximum Gasteiger partial charge on any atom is 0.325 e. The second kappa shape index (κ2) is 6.87. The van der Waals surface area contributed by atoms with Crippen molar-refractivity contribution in [3.63, 3.8) is 0 Å². The van der Waals surface area contributed by atoms with Crippen LogP contribution in [0.4, 0.5) is 4.39 Å². The maximum absolute atomic E-state index is 12.9. The van der Waals surface area contributed by atoms with Crippen LogP contribution < -0.4 is 9.47 Å². The fraction of sp³-hybridized carbons (Fsp3) is 0.0556. The largest absolute Gasteiger partial charge is 0.481 e. The molecule has 0 spiro atoms. The molecule has 0 unspecified atom stereocenters. The molecule has 0 amide bonds. The Balaban J connectivity index is 1.75. The van der Waals surface area contributed by atoms with E-state index in [0.717, 1.165) is 0 Å². The molecule has 0 atom stereocenters. The zero-order chi connectivity index (χ0) is 16.9. The predicted octanol–water partition coefficient (Wildman–Crippen LogP) is 3.65. The summed E-state index contributed by atoms with van der Waals surface area (Å²) in [5.41, 5.74) is 0.890. The number of methoxy groups -OCH3 is 1. The van der Waals surface area contributed by atoms with Crippen LogP contribution in [0.5, 0.6) is 17.6 Å². The summed E-state index contributed by atoms with van der Waals surface area (Å²) in [4.78, 5) is 20.3. The molecule has 5 nitrogen and oxygen atoms in total. The summed E-state index contributed by atoms with van der Waals surface area (Å²) in [5, 5.41) is 0. The van der Waals surface area contributed by atoms with Crippen LogP contribution in [0.1, 0.15) is 15.9 Å². The highest BCUT2D eigenvalue weighted by atomic mass is 19.1. The van der Waals surface area contributed by atoms with Gasteiger partial charge < -0.3 is 9.47 Å². The minimum absolute atomic E-state index is 0.145. The van der Waals surface area contributed by atoms with Gasteiger partial charge in [-0.3, -0.25) is 4.79 Å². The van der Waals surface area contributed by atoms with Gasteiger partial charge in [-0.05, 0) is 48.5 Å². The van der Waals surface area contributed by atoms with Gasteiger partial charge in [0.15, 0.2) is 5.78 Å². The summed E-state index contributed by atoms with van der Waals surface area (Å²) < 4.78 is 23.4. The van der Waals surface area contributed by atoms with Crippen LogP contribution in [0.2, 0.25) is 0 Å². The number of ether oxygens (including phenoxy) is 2. The van der Waals surface area contributed by atoms with E-state index in [4.69, 9.17) is 9.47 Å². The average Bonchev–Trinajstić information content (AvgIpc) is 2.62. The zero-order valence-corrected chi connectivity index (χ0v) is 12.8. The van der Waals surface area contributed by atoms with E-state index in [0.29, 0.717) is 22.8 Å². The molecule has 0 fully saturated rings. The first-order valence-electron chi connectivity index (χ1n) is 7.11. The molecule has 1 aromatic heterocycles. The topological polar surface area (TPSA) is 61.3 Å². The van der Waals surface area contributed by atoms with Gasteiger partial charge in [0.25, 0.3) is 0 Å². The summed E-state index contributed by atoms with van der Waals surface area (Å²) in [5.74, 6) is 0.301. The Hall–Kier alpha value is -3.28. The van der Waals surface area contributed by atoms with E-state index in [1.807, 2.05) is 0 Å². The number of aromatic nitrogens is 2. The Labute approximate surface area is 137 Å². The van der Waals surface area contributed by atoms with E-state index in [1.165, 1.54) is 37.6 Å². The standard InChI is InChI=1S/C18H13FN2O3/c1-23-16-10-11-20-18(21-16)24-15-8-4-13(5-9-15)17(22)12-2-6-14(19)7-3-12/h2-11H,1H3. The molecule has 0 saturated heterocycles. The first-order valence-corrected chi connectivity index (χ1v) is 7.11. The summed E-state index contributed by atoms with van der Waals surface area (Å²) in [6.07, 6.45) is 1.52. The number of rotatable bonds is 5. The van der Waals surface area contributed by atoms with Gasteiger partial charge in [-0.2, -0.15) is 4.98 Å². The predicted molar refractivity (Wildman–Crippen MR) is 84.9 cm³/mol. The van der Waals surface area contributed by atoms with Crippen LogP contribution >= 0.6 is 0 Å². The molecular formula is C18H13FN2O3. The Kier molecular flexibility index (Phi) is 4.47. The second-order valence-corrected chi connectivity index (χ2v) is 4.84. The lowest BCUT2D eigenvalue weighted by Crippen LogP contribution is -2.01. The number of hydrogen-bond donors (Lipinski definition) is 0.